The first-order chi connectivity index (χ1) is 9.17. The van der Waals surface area contributed by atoms with Gasteiger partial charge in [0.1, 0.15) is 5.60 Å². The van der Waals surface area contributed by atoms with Crippen LogP contribution in [0.3, 0.4) is 0 Å². The Morgan fingerprint density at radius 2 is 2.10 bits per heavy atom. The monoisotopic (exact) mass is 296 g/mol. The summed E-state index contributed by atoms with van der Waals surface area (Å²) in [5.74, 6) is 0. The number of amides is 1. The molecule has 0 aliphatic rings. The molecule has 1 rings (SSSR count). The van der Waals surface area contributed by atoms with Crippen molar-refractivity contribution in [1.82, 2.24) is 0 Å². The van der Waals surface area contributed by atoms with Gasteiger partial charge in [0.2, 0.25) is 0 Å². The van der Waals surface area contributed by atoms with Crippen molar-refractivity contribution in [2.45, 2.75) is 39.3 Å². The van der Waals surface area contributed by atoms with Crippen LogP contribution in [0.15, 0.2) is 24.3 Å². The second-order valence-corrected chi connectivity index (χ2v) is 5.99. The number of rotatable bonds is 3. The number of hydrogen-bond donors (Lipinski definition) is 2. The number of benzene rings is 1. The summed E-state index contributed by atoms with van der Waals surface area (Å²) < 4.78 is 5.17. The first kappa shape index (κ1) is 16.5. The molecule has 0 spiro atoms. The molecule has 4 nitrogen and oxygen atoms in total. The minimum Gasteiger partial charge on any atom is -0.444 e. The van der Waals surface area contributed by atoms with Crippen LogP contribution in [0.5, 0.6) is 0 Å². The minimum absolute atomic E-state index is 0.0365. The molecule has 1 atom stereocenters. The van der Waals surface area contributed by atoms with Crippen LogP contribution in [0.1, 0.15) is 33.3 Å². The lowest BCUT2D eigenvalue weighted by Gasteiger charge is -2.19. The zero-order valence-corrected chi connectivity index (χ0v) is 13.0. The molecular weight excluding hydrogens is 276 g/mol. The van der Waals surface area contributed by atoms with Crippen molar-refractivity contribution in [1.29, 1.82) is 0 Å². The van der Waals surface area contributed by atoms with E-state index in [0.29, 0.717) is 10.7 Å². The van der Waals surface area contributed by atoms with Gasteiger partial charge < -0.3 is 10.5 Å². The van der Waals surface area contributed by atoms with Crippen LogP contribution in [0.2, 0.25) is 5.02 Å². The van der Waals surface area contributed by atoms with Crippen LogP contribution in [-0.2, 0) is 4.74 Å². The van der Waals surface area contributed by atoms with Crippen molar-refractivity contribution in [2.24, 2.45) is 5.73 Å². The molecule has 1 aromatic carbocycles. The molecule has 0 bridgehead atoms. The number of nitrogens with one attached hydrogen (secondary N) is 1. The highest BCUT2D eigenvalue weighted by molar-refractivity contribution is 6.32. The number of nitrogens with two attached hydrogens (primary N) is 1. The Bertz CT molecular complexity index is 505. The fourth-order valence-electron chi connectivity index (χ4n) is 1.42. The van der Waals surface area contributed by atoms with Crippen molar-refractivity contribution in [3.8, 4) is 0 Å². The van der Waals surface area contributed by atoms with Crippen LogP contribution in [0.25, 0.3) is 6.08 Å². The lowest BCUT2D eigenvalue weighted by atomic mass is 10.1. The molecule has 0 radical (unpaired) electrons. The van der Waals surface area contributed by atoms with Gasteiger partial charge >= 0.3 is 6.09 Å². The molecule has 1 amide bonds. The van der Waals surface area contributed by atoms with Crippen molar-refractivity contribution in [3.05, 3.63) is 34.9 Å². The third kappa shape index (κ3) is 6.08. The van der Waals surface area contributed by atoms with Gasteiger partial charge in [0.05, 0.1) is 0 Å². The molecular formula is C15H21ClN2O2. The predicted octanol–water partition coefficient (Wildman–Crippen LogP) is 4.05. The van der Waals surface area contributed by atoms with E-state index in [1.807, 2.05) is 25.1 Å². The Kier molecular flexibility index (Phi) is 5.60. The largest absolute Gasteiger partial charge is 0.444 e. The lowest BCUT2D eigenvalue weighted by molar-refractivity contribution is 0.0636. The standard InChI is InChI=1S/C15H21ClN2O2/c1-10(17)5-6-11-7-8-12(9-13(11)16)18-14(19)20-15(2,3)4/h5-10H,17H2,1-4H3,(H,18,19)/b6-5+. The third-order valence-corrected chi connectivity index (χ3v) is 2.55. The molecule has 1 aromatic rings. The first-order valence-corrected chi connectivity index (χ1v) is 6.78. The van der Waals surface area contributed by atoms with E-state index in [1.165, 1.54) is 0 Å². The van der Waals surface area contributed by atoms with Crippen LogP contribution >= 0.6 is 11.6 Å². The average molecular weight is 297 g/mol. The molecule has 5 heteroatoms. The minimum atomic E-state index is -0.534. The SMILES string of the molecule is CC(N)/C=C/c1ccc(NC(=O)OC(C)(C)C)cc1Cl. The number of carbonyl (C=O) groups is 1. The summed E-state index contributed by atoms with van der Waals surface area (Å²) in [6, 6.07) is 5.21. The lowest BCUT2D eigenvalue weighted by Crippen LogP contribution is -2.27. The molecule has 0 saturated carbocycles. The van der Waals surface area contributed by atoms with Crippen molar-refractivity contribution >= 4 is 29.5 Å². The zero-order valence-electron chi connectivity index (χ0n) is 12.2. The van der Waals surface area contributed by atoms with E-state index in [4.69, 9.17) is 22.1 Å². The molecule has 0 aliphatic carbocycles. The van der Waals surface area contributed by atoms with E-state index >= 15 is 0 Å². The summed E-state index contributed by atoms with van der Waals surface area (Å²) in [4.78, 5) is 11.6. The summed E-state index contributed by atoms with van der Waals surface area (Å²) in [7, 11) is 0. The number of ether oxygens (including phenoxy) is 1. The Morgan fingerprint density at radius 3 is 2.60 bits per heavy atom. The van der Waals surface area contributed by atoms with Gasteiger partial charge in [0, 0.05) is 16.8 Å². The van der Waals surface area contributed by atoms with Gasteiger partial charge in [-0.15, -0.1) is 0 Å². The number of anilines is 1. The summed E-state index contributed by atoms with van der Waals surface area (Å²) >= 11 is 6.15. The second kappa shape index (κ2) is 6.77. The van der Waals surface area contributed by atoms with Crippen LogP contribution < -0.4 is 11.1 Å². The molecule has 1 unspecified atom stereocenters. The zero-order chi connectivity index (χ0) is 15.3. The van der Waals surface area contributed by atoms with E-state index in [0.717, 1.165) is 5.56 Å². The summed E-state index contributed by atoms with van der Waals surface area (Å²) in [5, 5.41) is 3.17. The molecule has 0 heterocycles. The second-order valence-electron chi connectivity index (χ2n) is 5.58. The van der Waals surface area contributed by atoms with Gasteiger partial charge in [-0.1, -0.05) is 29.8 Å². The molecule has 110 valence electrons. The Balaban J connectivity index is 2.75. The van der Waals surface area contributed by atoms with Crippen molar-refractivity contribution in [2.75, 3.05) is 5.32 Å². The van der Waals surface area contributed by atoms with Gasteiger partial charge in [-0.05, 0) is 45.4 Å². The van der Waals surface area contributed by atoms with Gasteiger partial charge in [0.15, 0.2) is 0 Å². The maximum atomic E-state index is 11.6. The van der Waals surface area contributed by atoms with Crippen molar-refractivity contribution < 1.29 is 9.53 Å². The topological polar surface area (TPSA) is 64.3 Å². The van der Waals surface area contributed by atoms with E-state index in [1.54, 1.807) is 32.9 Å². The van der Waals surface area contributed by atoms with Gasteiger partial charge in [-0.2, -0.15) is 0 Å². The quantitative estimate of drug-likeness (QED) is 0.884. The maximum Gasteiger partial charge on any atom is 0.412 e. The maximum absolute atomic E-state index is 11.6. The fraction of sp³-hybridized carbons (Fsp3) is 0.400. The summed E-state index contributed by atoms with van der Waals surface area (Å²) in [5.41, 5.74) is 6.54. The molecule has 20 heavy (non-hydrogen) atoms. The van der Waals surface area contributed by atoms with Crippen LogP contribution in [0.4, 0.5) is 10.5 Å². The molecule has 0 aromatic heterocycles. The molecule has 0 saturated heterocycles. The normalized spacial score (nSPS) is 13.3. The summed E-state index contributed by atoms with van der Waals surface area (Å²) in [6.07, 6.45) is 3.19. The molecule has 0 fully saturated rings. The Labute approximate surface area is 124 Å². The fourth-order valence-corrected chi connectivity index (χ4v) is 1.66. The number of hydrogen-bond acceptors (Lipinski definition) is 3. The van der Waals surface area contributed by atoms with E-state index in [-0.39, 0.29) is 6.04 Å². The number of halogens is 1. The molecule has 0 aliphatic heterocycles. The van der Waals surface area contributed by atoms with Gasteiger partial charge in [0.25, 0.3) is 0 Å². The Hall–Kier alpha value is -1.52. The highest BCUT2D eigenvalue weighted by Gasteiger charge is 2.16. The van der Waals surface area contributed by atoms with Crippen molar-refractivity contribution in [3.63, 3.8) is 0 Å². The molecule has 3 N–H and O–H groups in total. The van der Waals surface area contributed by atoms with Crippen LogP contribution in [-0.4, -0.2) is 17.7 Å². The average Bonchev–Trinajstić information content (AvgIpc) is 2.24. The smallest absolute Gasteiger partial charge is 0.412 e. The van der Waals surface area contributed by atoms with E-state index in [2.05, 4.69) is 5.32 Å². The van der Waals surface area contributed by atoms with E-state index in [9.17, 15) is 4.79 Å². The predicted molar refractivity (Wildman–Crippen MR) is 84.0 cm³/mol. The highest BCUT2D eigenvalue weighted by Crippen LogP contribution is 2.22. The summed E-state index contributed by atoms with van der Waals surface area (Å²) in [6.45, 7) is 7.30. The Morgan fingerprint density at radius 1 is 1.45 bits per heavy atom. The van der Waals surface area contributed by atoms with Gasteiger partial charge in [-0.25, -0.2) is 4.79 Å². The number of carbonyl (C=O) groups excluding carboxylic acids is 1. The first-order valence-electron chi connectivity index (χ1n) is 6.41. The van der Waals surface area contributed by atoms with Crippen LogP contribution in [0, 0.1) is 0 Å². The highest BCUT2D eigenvalue weighted by atomic mass is 35.5. The third-order valence-electron chi connectivity index (χ3n) is 2.23. The van der Waals surface area contributed by atoms with Gasteiger partial charge in [-0.3, -0.25) is 5.32 Å². The van der Waals surface area contributed by atoms with E-state index < -0.39 is 11.7 Å².